The number of aryl methyl sites for hydroxylation is 1. The molecule has 0 aliphatic heterocycles. The number of nitrogen functional groups attached to an aromatic ring is 2. The average molecular weight is 280 g/mol. The SMILES string of the molecule is C=CCn1c(C)nc2ccc(-c3cc(N)nc(N)c3)nc21. The summed E-state index contributed by atoms with van der Waals surface area (Å²) in [5.74, 6) is 1.66. The predicted molar refractivity (Wildman–Crippen MR) is 84.5 cm³/mol. The van der Waals surface area contributed by atoms with Crippen LogP contribution in [0.5, 0.6) is 0 Å². The molecule has 3 aromatic rings. The third-order valence-electron chi connectivity index (χ3n) is 3.26. The number of nitrogens with two attached hydrogens (primary N) is 2. The van der Waals surface area contributed by atoms with Gasteiger partial charge in [0.25, 0.3) is 0 Å². The molecule has 6 nitrogen and oxygen atoms in total. The molecule has 0 saturated heterocycles. The van der Waals surface area contributed by atoms with Crippen LogP contribution in [0.3, 0.4) is 0 Å². The van der Waals surface area contributed by atoms with E-state index in [1.807, 2.05) is 29.7 Å². The zero-order valence-electron chi connectivity index (χ0n) is 11.7. The monoisotopic (exact) mass is 280 g/mol. The van der Waals surface area contributed by atoms with Gasteiger partial charge in [-0.05, 0) is 31.2 Å². The van der Waals surface area contributed by atoms with Gasteiger partial charge in [-0.15, -0.1) is 6.58 Å². The van der Waals surface area contributed by atoms with Crippen LogP contribution in [0.2, 0.25) is 0 Å². The zero-order chi connectivity index (χ0) is 15.0. The van der Waals surface area contributed by atoms with E-state index in [0.717, 1.165) is 28.2 Å². The number of hydrogen-bond acceptors (Lipinski definition) is 5. The highest BCUT2D eigenvalue weighted by molar-refractivity contribution is 5.77. The van der Waals surface area contributed by atoms with E-state index in [2.05, 4.69) is 21.5 Å². The van der Waals surface area contributed by atoms with Crippen LogP contribution in [0.15, 0.2) is 36.9 Å². The maximum absolute atomic E-state index is 5.74. The summed E-state index contributed by atoms with van der Waals surface area (Å²) < 4.78 is 2.01. The van der Waals surface area contributed by atoms with E-state index in [0.29, 0.717) is 18.2 Å². The number of rotatable bonds is 3. The quantitative estimate of drug-likeness (QED) is 0.717. The standard InChI is InChI=1S/C15H16N6/c1-3-6-21-9(2)18-12-5-4-11(19-15(12)21)10-7-13(16)20-14(17)8-10/h3-5,7-8H,1,6H2,2H3,(H4,16,17,20). The molecule has 0 fully saturated rings. The smallest absolute Gasteiger partial charge is 0.160 e. The van der Waals surface area contributed by atoms with Gasteiger partial charge < -0.3 is 16.0 Å². The summed E-state index contributed by atoms with van der Waals surface area (Å²) in [4.78, 5) is 13.1. The first-order chi connectivity index (χ1) is 10.1. The molecule has 0 unspecified atom stereocenters. The molecule has 0 radical (unpaired) electrons. The van der Waals surface area contributed by atoms with Gasteiger partial charge in [-0.2, -0.15) is 0 Å². The lowest BCUT2D eigenvalue weighted by Gasteiger charge is -2.06. The molecule has 0 bridgehead atoms. The Kier molecular flexibility index (Phi) is 3.06. The van der Waals surface area contributed by atoms with Crippen molar-refractivity contribution in [3.05, 3.63) is 42.7 Å². The van der Waals surface area contributed by atoms with Crippen LogP contribution < -0.4 is 11.5 Å². The van der Waals surface area contributed by atoms with Crippen LogP contribution >= 0.6 is 0 Å². The average Bonchev–Trinajstić information content (AvgIpc) is 2.74. The van der Waals surface area contributed by atoms with Gasteiger partial charge in [0, 0.05) is 12.1 Å². The first-order valence-corrected chi connectivity index (χ1v) is 6.56. The van der Waals surface area contributed by atoms with E-state index in [-0.39, 0.29) is 0 Å². The number of anilines is 2. The van der Waals surface area contributed by atoms with Gasteiger partial charge in [0.05, 0.1) is 5.69 Å². The van der Waals surface area contributed by atoms with Crippen molar-refractivity contribution in [1.82, 2.24) is 19.5 Å². The summed E-state index contributed by atoms with van der Waals surface area (Å²) in [7, 11) is 0. The molecular weight excluding hydrogens is 264 g/mol. The highest BCUT2D eigenvalue weighted by Crippen LogP contribution is 2.24. The summed E-state index contributed by atoms with van der Waals surface area (Å²) >= 11 is 0. The number of aromatic nitrogens is 4. The highest BCUT2D eigenvalue weighted by Gasteiger charge is 2.10. The van der Waals surface area contributed by atoms with E-state index in [4.69, 9.17) is 11.5 Å². The lowest BCUT2D eigenvalue weighted by atomic mass is 10.1. The molecule has 0 aromatic carbocycles. The molecule has 0 aliphatic carbocycles. The Morgan fingerprint density at radius 3 is 2.52 bits per heavy atom. The van der Waals surface area contributed by atoms with Gasteiger partial charge in [0.2, 0.25) is 0 Å². The van der Waals surface area contributed by atoms with Gasteiger partial charge in [-0.1, -0.05) is 6.08 Å². The third-order valence-corrected chi connectivity index (χ3v) is 3.26. The molecule has 3 aromatic heterocycles. The van der Waals surface area contributed by atoms with Crippen LogP contribution in [0.4, 0.5) is 11.6 Å². The van der Waals surface area contributed by atoms with Crippen molar-refractivity contribution in [2.75, 3.05) is 11.5 Å². The Bertz CT molecular complexity index is 813. The molecule has 0 atom stereocenters. The predicted octanol–water partition coefficient (Wildman–Crippen LogP) is 2.15. The van der Waals surface area contributed by atoms with Crippen molar-refractivity contribution in [2.24, 2.45) is 0 Å². The molecule has 3 rings (SSSR count). The minimum atomic E-state index is 0.377. The van der Waals surface area contributed by atoms with Gasteiger partial charge in [0.15, 0.2) is 5.65 Å². The van der Waals surface area contributed by atoms with Crippen LogP contribution in [0, 0.1) is 6.92 Å². The molecule has 0 aliphatic rings. The largest absolute Gasteiger partial charge is 0.384 e. The number of fused-ring (bicyclic) bond motifs is 1. The number of nitrogens with zero attached hydrogens (tertiary/aromatic N) is 4. The molecule has 3 heterocycles. The summed E-state index contributed by atoms with van der Waals surface area (Å²) in [6.45, 7) is 6.39. The fourth-order valence-electron chi connectivity index (χ4n) is 2.35. The lowest BCUT2D eigenvalue weighted by Crippen LogP contribution is -2.00. The van der Waals surface area contributed by atoms with Crippen LogP contribution in [0.1, 0.15) is 5.82 Å². The first kappa shape index (κ1) is 13.1. The Labute approximate surface area is 122 Å². The van der Waals surface area contributed by atoms with Gasteiger partial charge in [-0.3, -0.25) is 0 Å². The summed E-state index contributed by atoms with van der Waals surface area (Å²) in [6.07, 6.45) is 1.82. The lowest BCUT2D eigenvalue weighted by molar-refractivity contribution is 0.798. The van der Waals surface area contributed by atoms with E-state index >= 15 is 0 Å². The molecule has 4 N–H and O–H groups in total. The fourth-order valence-corrected chi connectivity index (χ4v) is 2.35. The van der Waals surface area contributed by atoms with Gasteiger partial charge in [0.1, 0.15) is 23.0 Å². The van der Waals surface area contributed by atoms with E-state index in [1.54, 1.807) is 12.1 Å². The molecule has 6 heteroatoms. The minimum absolute atomic E-state index is 0.377. The van der Waals surface area contributed by atoms with Crippen molar-refractivity contribution in [2.45, 2.75) is 13.5 Å². The van der Waals surface area contributed by atoms with Crippen molar-refractivity contribution < 1.29 is 0 Å². The van der Waals surface area contributed by atoms with Gasteiger partial charge in [-0.25, -0.2) is 15.0 Å². The van der Waals surface area contributed by atoms with Crippen molar-refractivity contribution in [3.8, 4) is 11.3 Å². The normalized spacial score (nSPS) is 10.9. The highest BCUT2D eigenvalue weighted by atomic mass is 15.1. The van der Waals surface area contributed by atoms with E-state index in [1.165, 1.54) is 0 Å². The number of pyridine rings is 2. The zero-order valence-corrected chi connectivity index (χ0v) is 11.7. The molecule has 21 heavy (non-hydrogen) atoms. The minimum Gasteiger partial charge on any atom is -0.384 e. The molecule has 0 saturated carbocycles. The first-order valence-electron chi connectivity index (χ1n) is 6.56. The van der Waals surface area contributed by atoms with Gasteiger partial charge >= 0.3 is 0 Å². The maximum Gasteiger partial charge on any atom is 0.160 e. The molecule has 106 valence electrons. The van der Waals surface area contributed by atoms with Crippen molar-refractivity contribution in [3.63, 3.8) is 0 Å². The Morgan fingerprint density at radius 1 is 1.14 bits per heavy atom. The second-order valence-corrected chi connectivity index (χ2v) is 4.80. The number of hydrogen-bond donors (Lipinski definition) is 2. The topological polar surface area (TPSA) is 95.6 Å². The third kappa shape index (κ3) is 2.31. The second-order valence-electron chi connectivity index (χ2n) is 4.80. The van der Waals surface area contributed by atoms with Crippen LogP contribution in [-0.4, -0.2) is 19.5 Å². The van der Waals surface area contributed by atoms with Crippen LogP contribution in [-0.2, 0) is 6.54 Å². The number of imidazole rings is 1. The maximum atomic E-state index is 5.74. The summed E-state index contributed by atoms with van der Waals surface area (Å²) in [5.41, 5.74) is 14.8. The Hall–Kier alpha value is -2.89. The fraction of sp³-hybridized carbons (Fsp3) is 0.133. The van der Waals surface area contributed by atoms with E-state index < -0.39 is 0 Å². The number of allylic oxidation sites excluding steroid dienone is 1. The molecular formula is C15H16N6. The molecule has 0 spiro atoms. The Morgan fingerprint density at radius 2 is 1.86 bits per heavy atom. The molecule has 0 amide bonds. The van der Waals surface area contributed by atoms with Crippen molar-refractivity contribution >= 4 is 22.8 Å². The van der Waals surface area contributed by atoms with Crippen LogP contribution in [0.25, 0.3) is 22.4 Å². The second kappa shape index (κ2) is 4.90. The Balaban J connectivity index is 2.19. The van der Waals surface area contributed by atoms with Crippen molar-refractivity contribution in [1.29, 1.82) is 0 Å². The summed E-state index contributed by atoms with van der Waals surface area (Å²) in [6, 6.07) is 7.36. The summed E-state index contributed by atoms with van der Waals surface area (Å²) in [5, 5.41) is 0. The van der Waals surface area contributed by atoms with E-state index in [9.17, 15) is 0 Å².